The van der Waals surface area contributed by atoms with Gasteiger partial charge in [-0.2, -0.15) is 0 Å². The van der Waals surface area contributed by atoms with Gasteiger partial charge in [0, 0.05) is 28.9 Å². The van der Waals surface area contributed by atoms with Crippen LogP contribution in [-0.4, -0.2) is 29.5 Å². The molecule has 2 aliphatic heterocycles. The number of hydrogen-bond acceptors (Lipinski definition) is 4. The summed E-state index contributed by atoms with van der Waals surface area (Å²) in [6, 6.07) is 12.3. The number of benzene rings is 2. The average Bonchev–Trinajstić information content (AvgIpc) is 2.99. The maximum Gasteiger partial charge on any atom is 0.257 e. The summed E-state index contributed by atoms with van der Waals surface area (Å²) in [5, 5.41) is 3.23. The molecule has 140 valence electrons. The largest absolute Gasteiger partial charge is 0.375 e. The van der Waals surface area contributed by atoms with Crippen LogP contribution in [0.4, 0.5) is 8.78 Å². The molecule has 7 heteroatoms. The van der Waals surface area contributed by atoms with Gasteiger partial charge in [-0.05, 0) is 25.1 Å². The number of thioether (sulfide) groups is 1. The molecule has 0 radical (unpaired) electrons. The van der Waals surface area contributed by atoms with E-state index in [0.29, 0.717) is 22.0 Å². The van der Waals surface area contributed by atoms with Crippen LogP contribution in [0.1, 0.15) is 22.8 Å². The molecule has 2 aliphatic rings. The first-order valence-corrected chi connectivity index (χ1v) is 9.64. The van der Waals surface area contributed by atoms with E-state index in [1.165, 1.54) is 23.9 Å². The molecule has 2 aromatic rings. The number of rotatable bonds is 2. The van der Waals surface area contributed by atoms with Crippen LogP contribution in [0.5, 0.6) is 0 Å². The summed E-state index contributed by atoms with van der Waals surface area (Å²) in [4.78, 5) is 17.2. The molecule has 0 aliphatic carbocycles. The van der Waals surface area contributed by atoms with Crippen LogP contribution in [0.3, 0.4) is 0 Å². The summed E-state index contributed by atoms with van der Waals surface area (Å²) in [6.07, 6.45) is -0.114. The highest BCUT2D eigenvalue weighted by atomic mass is 32.2. The second kappa shape index (κ2) is 7.05. The molecule has 3 unspecified atom stereocenters. The molecule has 0 bridgehead atoms. The van der Waals surface area contributed by atoms with Crippen LogP contribution >= 0.6 is 11.8 Å². The lowest BCUT2D eigenvalue weighted by atomic mass is 9.79. The van der Waals surface area contributed by atoms with E-state index in [9.17, 15) is 13.6 Å². The van der Waals surface area contributed by atoms with Gasteiger partial charge in [-0.25, -0.2) is 13.8 Å². The van der Waals surface area contributed by atoms with E-state index in [1.807, 2.05) is 13.0 Å². The van der Waals surface area contributed by atoms with Crippen LogP contribution in [0.2, 0.25) is 0 Å². The minimum absolute atomic E-state index is 0.0696. The number of nitrogens with zero attached hydrogens (tertiary/aromatic N) is 1. The van der Waals surface area contributed by atoms with E-state index in [4.69, 9.17) is 9.73 Å². The van der Waals surface area contributed by atoms with Crippen LogP contribution in [0, 0.1) is 17.6 Å². The van der Waals surface area contributed by atoms with Crippen molar-refractivity contribution >= 4 is 22.8 Å². The molecule has 1 N–H and O–H groups in total. The number of aliphatic imine (C=N–C) groups is 1. The number of carbonyl (C=O) groups is 1. The standard InChI is InChI=1S/C20H18F2N2O2S/c1-12-16-10-27-19(23-18(25)13-5-3-2-4-6-13)24-20(16,11-26-12)15-8-7-14(21)9-17(15)22/h2-9,12,16H,10-11H2,1H3,(H,23,24,25). The lowest BCUT2D eigenvalue weighted by Crippen LogP contribution is -2.44. The molecular weight excluding hydrogens is 370 g/mol. The molecule has 3 atom stereocenters. The molecule has 27 heavy (non-hydrogen) atoms. The maximum absolute atomic E-state index is 14.6. The van der Waals surface area contributed by atoms with Gasteiger partial charge in [0.1, 0.15) is 17.2 Å². The maximum atomic E-state index is 14.6. The highest BCUT2D eigenvalue weighted by Crippen LogP contribution is 2.48. The van der Waals surface area contributed by atoms with E-state index in [1.54, 1.807) is 24.3 Å². The predicted octanol–water partition coefficient (Wildman–Crippen LogP) is 3.73. The molecule has 2 heterocycles. The topological polar surface area (TPSA) is 50.7 Å². The SMILES string of the molecule is CC1OCC2(c3ccc(F)cc3F)N=C(NC(=O)c3ccccc3)SCC12. The lowest BCUT2D eigenvalue weighted by Gasteiger charge is -2.36. The quantitative estimate of drug-likeness (QED) is 0.853. The molecule has 1 fully saturated rings. The minimum Gasteiger partial charge on any atom is -0.375 e. The number of amidine groups is 1. The Kier molecular flexibility index (Phi) is 4.74. The van der Waals surface area contributed by atoms with Crippen molar-refractivity contribution in [1.29, 1.82) is 0 Å². The van der Waals surface area contributed by atoms with Crippen molar-refractivity contribution in [3.05, 3.63) is 71.3 Å². The van der Waals surface area contributed by atoms with Crippen LogP contribution in [0.25, 0.3) is 0 Å². The van der Waals surface area contributed by atoms with Gasteiger partial charge in [0.05, 0.1) is 12.7 Å². The van der Waals surface area contributed by atoms with E-state index in [2.05, 4.69) is 5.32 Å². The fourth-order valence-corrected chi connectivity index (χ4v) is 4.92. The fourth-order valence-electron chi connectivity index (χ4n) is 3.64. The number of fused-ring (bicyclic) bond motifs is 1. The Morgan fingerprint density at radius 3 is 2.78 bits per heavy atom. The third kappa shape index (κ3) is 3.26. The summed E-state index contributed by atoms with van der Waals surface area (Å²) >= 11 is 1.41. The molecule has 0 aromatic heterocycles. The molecular formula is C20H18F2N2O2S. The third-order valence-electron chi connectivity index (χ3n) is 5.10. The number of amides is 1. The summed E-state index contributed by atoms with van der Waals surface area (Å²) in [6.45, 7) is 2.12. The Morgan fingerprint density at radius 2 is 2.04 bits per heavy atom. The normalized spacial score (nSPS) is 27.0. The number of hydrogen-bond donors (Lipinski definition) is 1. The summed E-state index contributed by atoms with van der Waals surface area (Å²) in [5.74, 6) is -1.02. The van der Waals surface area contributed by atoms with Gasteiger partial charge in [-0.1, -0.05) is 36.0 Å². The Hall–Kier alpha value is -2.25. The number of carbonyl (C=O) groups excluding carboxylic acids is 1. The van der Waals surface area contributed by atoms with Crippen molar-refractivity contribution in [2.75, 3.05) is 12.4 Å². The highest BCUT2D eigenvalue weighted by Gasteiger charge is 2.53. The van der Waals surface area contributed by atoms with Gasteiger partial charge in [0.15, 0.2) is 5.17 Å². The molecule has 4 nitrogen and oxygen atoms in total. The van der Waals surface area contributed by atoms with Crippen molar-refractivity contribution in [2.24, 2.45) is 10.9 Å². The predicted molar refractivity (Wildman–Crippen MR) is 101 cm³/mol. The van der Waals surface area contributed by atoms with Crippen molar-refractivity contribution in [2.45, 2.75) is 18.6 Å². The van der Waals surface area contributed by atoms with Crippen molar-refractivity contribution in [3.63, 3.8) is 0 Å². The van der Waals surface area contributed by atoms with Gasteiger partial charge in [-0.3, -0.25) is 4.79 Å². The third-order valence-corrected chi connectivity index (χ3v) is 6.09. The smallest absolute Gasteiger partial charge is 0.257 e. The van der Waals surface area contributed by atoms with E-state index in [-0.39, 0.29) is 24.5 Å². The van der Waals surface area contributed by atoms with Crippen LogP contribution < -0.4 is 5.32 Å². The van der Waals surface area contributed by atoms with Crippen molar-refractivity contribution < 1.29 is 18.3 Å². The van der Waals surface area contributed by atoms with E-state index in [0.717, 1.165) is 6.07 Å². The summed E-state index contributed by atoms with van der Waals surface area (Å²) in [5.41, 5.74) is -0.159. The first-order chi connectivity index (χ1) is 13.0. The van der Waals surface area contributed by atoms with Crippen LogP contribution in [0.15, 0.2) is 53.5 Å². The van der Waals surface area contributed by atoms with Gasteiger partial charge in [-0.15, -0.1) is 0 Å². The molecule has 0 saturated carbocycles. The zero-order valence-electron chi connectivity index (χ0n) is 14.6. The fraction of sp³-hybridized carbons (Fsp3) is 0.300. The molecule has 1 saturated heterocycles. The van der Waals surface area contributed by atoms with Gasteiger partial charge >= 0.3 is 0 Å². The highest BCUT2D eigenvalue weighted by molar-refractivity contribution is 8.13. The van der Waals surface area contributed by atoms with Crippen LogP contribution in [-0.2, 0) is 10.3 Å². The average molecular weight is 388 g/mol. The van der Waals surface area contributed by atoms with E-state index < -0.39 is 17.2 Å². The molecule has 2 aromatic carbocycles. The number of nitrogens with one attached hydrogen (secondary N) is 1. The Bertz CT molecular complexity index is 906. The van der Waals surface area contributed by atoms with Gasteiger partial charge in [0.2, 0.25) is 0 Å². The van der Waals surface area contributed by atoms with Crippen molar-refractivity contribution in [3.8, 4) is 0 Å². The summed E-state index contributed by atoms with van der Waals surface area (Å²) < 4.78 is 33.8. The Labute approximate surface area is 160 Å². The second-order valence-corrected chi connectivity index (χ2v) is 7.73. The number of ether oxygens (including phenoxy) is 1. The zero-order chi connectivity index (χ0) is 19.0. The first-order valence-electron chi connectivity index (χ1n) is 8.66. The first kappa shape index (κ1) is 18.1. The summed E-state index contributed by atoms with van der Waals surface area (Å²) in [7, 11) is 0. The Morgan fingerprint density at radius 1 is 1.26 bits per heavy atom. The van der Waals surface area contributed by atoms with Gasteiger partial charge < -0.3 is 10.1 Å². The number of halogens is 2. The Balaban J connectivity index is 1.71. The zero-order valence-corrected chi connectivity index (χ0v) is 15.4. The molecule has 0 spiro atoms. The van der Waals surface area contributed by atoms with Crippen molar-refractivity contribution in [1.82, 2.24) is 5.32 Å². The van der Waals surface area contributed by atoms with Gasteiger partial charge in [0.25, 0.3) is 5.91 Å². The molecule has 4 rings (SSSR count). The monoisotopic (exact) mass is 388 g/mol. The molecule has 1 amide bonds. The second-order valence-electron chi connectivity index (χ2n) is 6.72. The lowest BCUT2D eigenvalue weighted by molar-refractivity contribution is 0.0977. The minimum atomic E-state index is -0.970. The van der Waals surface area contributed by atoms with E-state index >= 15 is 0 Å².